The van der Waals surface area contributed by atoms with Crippen LogP contribution in [0, 0.1) is 5.92 Å². The Morgan fingerprint density at radius 2 is 1.85 bits per heavy atom. The molecule has 0 bridgehead atoms. The monoisotopic (exact) mass is 489 g/mol. The molecular formula is C25H28ClNO5S. The lowest BCUT2D eigenvalue weighted by Crippen LogP contribution is -2.44. The first-order valence-electron chi connectivity index (χ1n) is 10.8. The van der Waals surface area contributed by atoms with Gasteiger partial charge in [0.1, 0.15) is 5.78 Å². The molecule has 1 fully saturated rings. The van der Waals surface area contributed by atoms with Gasteiger partial charge in [0.05, 0.1) is 16.0 Å². The van der Waals surface area contributed by atoms with Gasteiger partial charge in [0, 0.05) is 36.0 Å². The summed E-state index contributed by atoms with van der Waals surface area (Å²) in [7, 11) is -3.52. The molecule has 0 saturated heterocycles. The lowest BCUT2D eigenvalue weighted by atomic mass is 9.68. The van der Waals surface area contributed by atoms with Crippen LogP contribution in [0.25, 0.3) is 0 Å². The average Bonchev–Trinajstić information content (AvgIpc) is 3.19. The molecule has 0 aliphatic heterocycles. The van der Waals surface area contributed by atoms with Gasteiger partial charge < -0.3 is 5.32 Å². The smallest absolute Gasteiger partial charge is 0.221 e. The van der Waals surface area contributed by atoms with Gasteiger partial charge in [-0.15, -0.1) is 0 Å². The van der Waals surface area contributed by atoms with Crippen molar-refractivity contribution in [3.8, 4) is 0 Å². The van der Waals surface area contributed by atoms with Gasteiger partial charge in [0.25, 0.3) is 0 Å². The first kappa shape index (κ1) is 25.1. The summed E-state index contributed by atoms with van der Waals surface area (Å²) in [6, 6.07) is 12.6. The van der Waals surface area contributed by atoms with Gasteiger partial charge in [-0.3, -0.25) is 14.4 Å². The van der Waals surface area contributed by atoms with Gasteiger partial charge >= 0.3 is 0 Å². The zero-order valence-electron chi connectivity index (χ0n) is 18.9. The fourth-order valence-electron chi connectivity index (χ4n) is 4.62. The summed E-state index contributed by atoms with van der Waals surface area (Å²) in [4.78, 5) is 38.4. The highest BCUT2D eigenvalue weighted by atomic mass is 35.5. The van der Waals surface area contributed by atoms with Gasteiger partial charge in [-0.1, -0.05) is 54.9 Å². The van der Waals surface area contributed by atoms with Crippen LogP contribution in [0.1, 0.15) is 55.5 Å². The van der Waals surface area contributed by atoms with Gasteiger partial charge in [0.15, 0.2) is 15.6 Å². The fraction of sp³-hybridized carbons (Fsp3) is 0.400. The number of benzene rings is 2. The van der Waals surface area contributed by atoms with Crippen molar-refractivity contribution >= 4 is 38.9 Å². The van der Waals surface area contributed by atoms with Crippen molar-refractivity contribution in [1.82, 2.24) is 5.32 Å². The molecule has 3 unspecified atom stereocenters. The third-order valence-corrected chi connectivity index (χ3v) is 8.00. The van der Waals surface area contributed by atoms with Crippen molar-refractivity contribution in [3.63, 3.8) is 0 Å². The summed E-state index contributed by atoms with van der Waals surface area (Å²) in [5.41, 5.74) is 0.229. The van der Waals surface area contributed by atoms with Gasteiger partial charge in [-0.2, -0.15) is 0 Å². The lowest BCUT2D eigenvalue weighted by Gasteiger charge is -2.35. The number of Topliss-reactive ketones (excluding diaryl/α,β-unsaturated/α-hetero) is 2. The van der Waals surface area contributed by atoms with Crippen LogP contribution in [0.3, 0.4) is 0 Å². The average molecular weight is 490 g/mol. The number of rotatable bonds is 8. The van der Waals surface area contributed by atoms with Crippen LogP contribution in [0.15, 0.2) is 53.4 Å². The van der Waals surface area contributed by atoms with E-state index in [2.05, 4.69) is 5.32 Å². The number of ketones is 2. The predicted molar refractivity (Wildman–Crippen MR) is 127 cm³/mol. The highest BCUT2D eigenvalue weighted by Crippen LogP contribution is 2.44. The maximum Gasteiger partial charge on any atom is 0.221 e. The number of carbonyl (C=O) groups is 3. The Balaban J connectivity index is 1.88. The summed E-state index contributed by atoms with van der Waals surface area (Å²) < 4.78 is 23.9. The normalized spacial score (nSPS) is 19.0. The molecule has 1 saturated carbocycles. The van der Waals surface area contributed by atoms with Crippen molar-refractivity contribution in [2.45, 2.75) is 55.9 Å². The van der Waals surface area contributed by atoms with Crippen LogP contribution in [-0.2, 0) is 24.8 Å². The summed E-state index contributed by atoms with van der Waals surface area (Å²) in [6.07, 6.45) is 2.85. The Hall–Kier alpha value is -2.51. The van der Waals surface area contributed by atoms with Crippen LogP contribution in [0.5, 0.6) is 0 Å². The minimum Gasteiger partial charge on any atom is -0.346 e. The molecule has 0 aromatic heterocycles. The third kappa shape index (κ3) is 5.53. The second kappa shape index (κ2) is 9.77. The molecule has 1 amide bonds. The lowest BCUT2D eigenvalue weighted by molar-refractivity contribution is -0.125. The minimum atomic E-state index is -3.52. The molecule has 1 N–H and O–H groups in total. The third-order valence-electron chi connectivity index (χ3n) is 6.42. The van der Waals surface area contributed by atoms with Crippen molar-refractivity contribution in [3.05, 3.63) is 64.7 Å². The molecule has 2 aromatic rings. The van der Waals surface area contributed by atoms with Crippen molar-refractivity contribution < 1.29 is 22.8 Å². The van der Waals surface area contributed by atoms with E-state index in [1.807, 2.05) is 13.0 Å². The van der Waals surface area contributed by atoms with Crippen LogP contribution < -0.4 is 5.32 Å². The quantitative estimate of drug-likeness (QED) is 0.562. The number of sulfone groups is 1. The SMILES string of the molecule is CC(NC(=O)CC(C)(c1ccc(S(C)(=O)=O)c(Cl)c1)C1CCCC1=O)C(=O)c1ccccc1. The summed E-state index contributed by atoms with van der Waals surface area (Å²) in [5, 5.41) is 2.82. The fourth-order valence-corrected chi connectivity index (χ4v) is 5.95. The Bertz CT molecular complexity index is 1180. The van der Waals surface area contributed by atoms with Crippen molar-refractivity contribution in [1.29, 1.82) is 0 Å². The molecule has 0 radical (unpaired) electrons. The number of amides is 1. The second-order valence-electron chi connectivity index (χ2n) is 8.94. The van der Waals surface area contributed by atoms with E-state index in [1.54, 1.807) is 37.3 Å². The van der Waals surface area contributed by atoms with Gasteiger partial charge in [-0.05, 0) is 37.5 Å². The molecule has 3 atom stereocenters. The number of carbonyl (C=O) groups excluding carboxylic acids is 3. The molecule has 8 heteroatoms. The maximum absolute atomic E-state index is 13.0. The highest BCUT2D eigenvalue weighted by molar-refractivity contribution is 7.90. The summed E-state index contributed by atoms with van der Waals surface area (Å²) in [5.74, 6) is -0.897. The van der Waals surface area contributed by atoms with E-state index in [1.165, 1.54) is 12.1 Å². The molecule has 0 heterocycles. The molecular weight excluding hydrogens is 462 g/mol. The topological polar surface area (TPSA) is 97.4 Å². The summed E-state index contributed by atoms with van der Waals surface area (Å²) >= 11 is 6.28. The molecule has 0 spiro atoms. The van der Waals surface area contributed by atoms with E-state index < -0.39 is 27.2 Å². The molecule has 33 heavy (non-hydrogen) atoms. The standard InChI is InChI=1S/C25H28ClNO5S/c1-16(24(30)17-8-5-4-6-9-17)27-23(29)15-25(2,19-10-7-11-21(19)28)18-12-13-22(20(26)14-18)33(3,31)32/h4-6,8-9,12-14,16,19H,7,10-11,15H2,1-3H3,(H,27,29). The zero-order valence-corrected chi connectivity index (χ0v) is 20.5. The Morgan fingerprint density at radius 1 is 1.18 bits per heavy atom. The van der Waals surface area contributed by atoms with E-state index in [4.69, 9.17) is 11.6 Å². The van der Waals surface area contributed by atoms with E-state index in [0.717, 1.165) is 12.7 Å². The number of nitrogens with one attached hydrogen (secondary N) is 1. The van der Waals surface area contributed by atoms with Crippen molar-refractivity contribution in [2.24, 2.45) is 5.92 Å². The largest absolute Gasteiger partial charge is 0.346 e. The van der Waals surface area contributed by atoms with E-state index >= 15 is 0 Å². The van der Waals surface area contributed by atoms with Crippen LogP contribution in [0.2, 0.25) is 5.02 Å². The molecule has 2 aromatic carbocycles. The number of hydrogen-bond donors (Lipinski definition) is 1. The zero-order chi connectivity index (χ0) is 24.4. The second-order valence-corrected chi connectivity index (χ2v) is 11.3. The number of hydrogen-bond acceptors (Lipinski definition) is 5. The highest BCUT2D eigenvalue weighted by Gasteiger charge is 2.44. The van der Waals surface area contributed by atoms with E-state index in [0.29, 0.717) is 24.0 Å². The molecule has 3 rings (SSSR count). The first-order chi connectivity index (χ1) is 15.4. The number of halogens is 1. The molecule has 176 valence electrons. The van der Waals surface area contributed by atoms with Gasteiger partial charge in [-0.25, -0.2) is 8.42 Å². The summed E-state index contributed by atoms with van der Waals surface area (Å²) in [6.45, 7) is 3.46. The Morgan fingerprint density at radius 3 is 2.39 bits per heavy atom. The van der Waals surface area contributed by atoms with E-state index in [-0.39, 0.29) is 33.8 Å². The predicted octanol–water partition coefficient (Wildman–Crippen LogP) is 4.15. The first-order valence-corrected chi connectivity index (χ1v) is 13.1. The minimum absolute atomic E-state index is 0.000420. The van der Waals surface area contributed by atoms with Crippen LogP contribution in [0.4, 0.5) is 0 Å². The Kier molecular flexibility index (Phi) is 7.44. The van der Waals surface area contributed by atoms with Crippen LogP contribution in [-0.4, -0.2) is 38.2 Å². The Labute approximate surface area is 199 Å². The van der Waals surface area contributed by atoms with Gasteiger partial charge in [0.2, 0.25) is 5.91 Å². The van der Waals surface area contributed by atoms with E-state index in [9.17, 15) is 22.8 Å². The van der Waals surface area contributed by atoms with Crippen molar-refractivity contribution in [2.75, 3.05) is 6.26 Å². The molecule has 1 aliphatic carbocycles. The maximum atomic E-state index is 13.0. The van der Waals surface area contributed by atoms with Crippen LogP contribution >= 0.6 is 11.6 Å². The molecule has 1 aliphatic rings. The molecule has 6 nitrogen and oxygen atoms in total.